The summed E-state index contributed by atoms with van der Waals surface area (Å²) in [6, 6.07) is 0.313. The minimum atomic E-state index is -0.00199. The Bertz CT molecular complexity index is 579. The van der Waals surface area contributed by atoms with Gasteiger partial charge < -0.3 is 15.5 Å². The van der Waals surface area contributed by atoms with Crippen LogP contribution in [0.2, 0.25) is 0 Å². The molecule has 0 aromatic carbocycles. The number of carbonyl (C=O) groups is 1. The first-order valence-electron chi connectivity index (χ1n) is 9.22. The second-order valence-electron chi connectivity index (χ2n) is 6.77. The average molecular weight is 493 g/mol. The highest BCUT2D eigenvalue weighted by Gasteiger charge is 2.15. The van der Waals surface area contributed by atoms with Crippen molar-refractivity contribution >= 4 is 47.2 Å². The normalized spacial score (nSPS) is 14.8. The molecule has 0 fully saturated rings. The zero-order chi connectivity index (χ0) is 18.2. The van der Waals surface area contributed by atoms with Crippen LogP contribution in [0.5, 0.6) is 0 Å². The summed E-state index contributed by atoms with van der Waals surface area (Å²) in [5.41, 5.74) is 1.31. The molecule has 1 aliphatic rings. The molecule has 0 saturated heterocycles. The van der Waals surface area contributed by atoms with Crippen molar-refractivity contribution in [3.05, 3.63) is 15.6 Å². The molecule has 1 amide bonds. The number of guanidine groups is 1. The molecular weight excluding hydrogens is 461 g/mol. The number of carbonyl (C=O) groups excluding carboxylic acids is 1. The number of thiazole rings is 1. The molecule has 1 unspecified atom stereocenters. The van der Waals surface area contributed by atoms with E-state index >= 15 is 0 Å². The Morgan fingerprint density at radius 3 is 2.73 bits per heavy atom. The number of nitrogens with zero attached hydrogens (tertiary/aromatic N) is 3. The molecule has 6 nitrogen and oxygen atoms in total. The van der Waals surface area contributed by atoms with E-state index in [1.54, 1.807) is 19.0 Å². The maximum Gasteiger partial charge on any atom is 0.243 e. The predicted molar refractivity (Wildman–Crippen MR) is 120 cm³/mol. The molecule has 1 aromatic rings. The van der Waals surface area contributed by atoms with Gasteiger partial charge in [-0.05, 0) is 39.0 Å². The summed E-state index contributed by atoms with van der Waals surface area (Å²) in [5, 5.41) is 7.89. The molecule has 8 heteroatoms. The number of fused-ring (bicyclic) bond motifs is 1. The molecule has 1 atom stereocenters. The van der Waals surface area contributed by atoms with Crippen LogP contribution in [0, 0.1) is 0 Å². The molecule has 0 radical (unpaired) electrons. The van der Waals surface area contributed by atoms with Gasteiger partial charge in [-0.3, -0.25) is 4.79 Å². The summed E-state index contributed by atoms with van der Waals surface area (Å²) in [7, 11) is 3.49. The molecular formula is C18H32IN5OS. The number of halogens is 1. The van der Waals surface area contributed by atoms with Crippen LogP contribution in [0.1, 0.15) is 48.7 Å². The van der Waals surface area contributed by atoms with Gasteiger partial charge in [0.25, 0.3) is 0 Å². The van der Waals surface area contributed by atoms with Crippen LogP contribution in [-0.2, 0) is 24.1 Å². The van der Waals surface area contributed by atoms with Gasteiger partial charge in [-0.25, -0.2) is 9.98 Å². The SMILES string of the molecule is CCC(C)NC(=NCC(=O)N(C)C)NCCc1nc2c(s1)CCCC2.I. The molecule has 1 aromatic heterocycles. The lowest BCUT2D eigenvalue weighted by Gasteiger charge is -2.17. The van der Waals surface area contributed by atoms with Crippen molar-refractivity contribution in [2.45, 2.75) is 58.4 Å². The highest BCUT2D eigenvalue weighted by molar-refractivity contribution is 14.0. The number of nitrogens with one attached hydrogen (secondary N) is 2. The number of likely N-dealkylation sites (N-methyl/N-ethyl adjacent to an activating group) is 1. The third kappa shape index (κ3) is 7.38. The first-order valence-corrected chi connectivity index (χ1v) is 10.0. The Balaban J connectivity index is 0.00000338. The van der Waals surface area contributed by atoms with Gasteiger partial charge in [0.05, 0.1) is 10.7 Å². The van der Waals surface area contributed by atoms with Crippen LogP contribution in [0.4, 0.5) is 0 Å². The first kappa shape index (κ1) is 23.1. The zero-order valence-electron chi connectivity index (χ0n) is 16.3. The Labute approximate surface area is 178 Å². The quantitative estimate of drug-likeness (QED) is 0.348. The smallest absolute Gasteiger partial charge is 0.243 e. The zero-order valence-corrected chi connectivity index (χ0v) is 19.4. The minimum absolute atomic E-state index is 0. The number of hydrogen-bond donors (Lipinski definition) is 2. The lowest BCUT2D eigenvalue weighted by atomic mass is 10.0. The third-order valence-electron chi connectivity index (χ3n) is 4.39. The Morgan fingerprint density at radius 2 is 2.08 bits per heavy atom. The standard InChI is InChI=1S/C18H31N5OS.HI/c1-5-13(2)21-18(20-12-17(24)23(3)4)19-11-10-16-22-14-8-6-7-9-15(14)25-16;/h13H,5-12H2,1-4H3,(H2,19,20,21);1H. The molecule has 1 heterocycles. The number of aryl methyl sites for hydroxylation is 2. The predicted octanol–water partition coefficient (Wildman–Crippen LogP) is 2.60. The minimum Gasteiger partial charge on any atom is -0.356 e. The summed E-state index contributed by atoms with van der Waals surface area (Å²) < 4.78 is 0. The van der Waals surface area contributed by atoms with Gasteiger partial charge in [-0.15, -0.1) is 35.3 Å². The highest BCUT2D eigenvalue weighted by Crippen LogP contribution is 2.26. The van der Waals surface area contributed by atoms with Crippen molar-refractivity contribution in [1.29, 1.82) is 0 Å². The second-order valence-corrected chi connectivity index (χ2v) is 7.94. The molecule has 0 spiro atoms. The summed E-state index contributed by atoms with van der Waals surface area (Å²) in [5.74, 6) is 0.698. The molecule has 0 aliphatic heterocycles. The summed E-state index contributed by atoms with van der Waals surface area (Å²) in [4.78, 5) is 24.0. The van der Waals surface area contributed by atoms with E-state index < -0.39 is 0 Å². The van der Waals surface area contributed by atoms with E-state index in [4.69, 9.17) is 4.98 Å². The third-order valence-corrected chi connectivity index (χ3v) is 5.61. The lowest BCUT2D eigenvalue weighted by Crippen LogP contribution is -2.43. The maximum absolute atomic E-state index is 11.8. The van der Waals surface area contributed by atoms with Crippen molar-refractivity contribution in [2.75, 3.05) is 27.2 Å². The molecule has 1 aliphatic carbocycles. The summed E-state index contributed by atoms with van der Waals surface area (Å²) >= 11 is 1.86. The monoisotopic (exact) mass is 493 g/mol. The topological polar surface area (TPSA) is 69.6 Å². The van der Waals surface area contributed by atoms with E-state index in [1.165, 1.54) is 34.8 Å². The molecule has 2 N–H and O–H groups in total. The van der Waals surface area contributed by atoms with Gasteiger partial charge in [0.1, 0.15) is 6.54 Å². The Hall–Kier alpha value is -0.900. The summed E-state index contributed by atoms with van der Waals surface area (Å²) in [6.45, 7) is 5.16. The summed E-state index contributed by atoms with van der Waals surface area (Å²) in [6.07, 6.45) is 6.78. The van der Waals surface area contributed by atoms with E-state index in [-0.39, 0.29) is 36.4 Å². The number of amides is 1. The van der Waals surface area contributed by atoms with E-state index in [9.17, 15) is 4.79 Å². The van der Waals surface area contributed by atoms with Gasteiger partial charge >= 0.3 is 0 Å². The molecule has 26 heavy (non-hydrogen) atoms. The fourth-order valence-electron chi connectivity index (χ4n) is 2.58. The lowest BCUT2D eigenvalue weighted by molar-refractivity contribution is -0.127. The van der Waals surface area contributed by atoms with Gasteiger partial charge in [0.2, 0.25) is 5.91 Å². The Kier molecular flexibility index (Phi) is 10.4. The van der Waals surface area contributed by atoms with E-state index in [0.29, 0.717) is 12.0 Å². The average Bonchev–Trinajstić information content (AvgIpc) is 3.01. The second kappa shape index (κ2) is 11.7. The van der Waals surface area contributed by atoms with Gasteiger partial charge in [-0.2, -0.15) is 0 Å². The van der Waals surface area contributed by atoms with Crippen LogP contribution in [-0.4, -0.2) is 55.0 Å². The van der Waals surface area contributed by atoms with Crippen molar-refractivity contribution < 1.29 is 4.79 Å². The highest BCUT2D eigenvalue weighted by atomic mass is 127. The van der Waals surface area contributed by atoms with Crippen LogP contribution in [0.3, 0.4) is 0 Å². The number of rotatable bonds is 7. The van der Waals surface area contributed by atoms with Gasteiger partial charge in [0, 0.05) is 38.0 Å². The van der Waals surface area contributed by atoms with E-state index in [1.807, 2.05) is 11.3 Å². The van der Waals surface area contributed by atoms with Crippen molar-refractivity contribution in [3.8, 4) is 0 Å². The number of aliphatic imine (C=N–C) groups is 1. The maximum atomic E-state index is 11.8. The first-order chi connectivity index (χ1) is 12.0. The molecule has 148 valence electrons. The number of hydrogen-bond acceptors (Lipinski definition) is 4. The van der Waals surface area contributed by atoms with Crippen molar-refractivity contribution in [2.24, 2.45) is 4.99 Å². The van der Waals surface area contributed by atoms with Crippen molar-refractivity contribution in [3.63, 3.8) is 0 Å². The largest absolute Gasteiger partial charge is 0.356 e. The molecule has 0 bridgehead atoms. The number of aromatic nitrogens is 1. The Morgan fingerprint density at radius 1 is 1.35 bits per heavy atom. The fourth-order valence-corrected chi connectivity index (χ4v) is 3.73. The molecule has 0 saturated carbocycles. The van der Waals surface area contributed by atoms with E-state index in [0.717, 1.165) is 25.8 Å². The van der Waals surface area contributed by atoms with Gasteiger partial charge in [-0.1, -0.05) is 6.92 Å². The van der Waals surface area contributed by atoms with Crippen LogP contribution >= 0.6 is 35.3 Å². The van der Waals surface area contributed by atoms with E-state index in [2.05, 4.69) is 29.5 Å². The van der Waals surface area contributed by atoms with Crippen molar-refractivity contribution in [1.82, 2.24) is 20.5 Å². The van der Waals surface area contributed by atoms with Crippen LogP contribution in [0.25, 0.3) is 0 Å². The van der Waals surface area contributed by atoms with Gasteiger partial charge in [0.15, 0.2) is 5.96 Å². The van der Waals surface area contributed by atoms with Crippen LogP contribution < -0.4 is 10.6 Å². The molecule has 2 rings (SSSR count). The fraction of sp³-hybridized carbons (Fsp3) is 0.722. The van der Waals surface area contributed by atoms with Crippen LogP contribution in [0.15, 0.2) is 4.99 Å².